The molecule has 13 heavy (non-hydrogen) atoms. The molecule has 0 bridgehead atoms. The number of rotatable bonds is 6. The highest BCUT2D eigenvalue weighted by Gasteiger charge is 2.37. The summed E-state index contributed by atoms with van der Waals surface area (Å²) in [6.07, 6.45) is 3.24. The summed E-state index contributed by atoms with van der Waals surface area (Å²) in [5.41, 5.74) is -1.20. The minimum atomic E-state index is -1.20. The van der Waals surface area contributed by atoms with Gasteiger partial charge < -0.3 is 0 Å². The molecule has 0 aliphatic rings. The second kappa shape index (κ2) is 5.61. The van der Waals surface area contributed by atoms with E-state index in [1.54, 1.807) is 0 Å². The molecule has 0 aliphatic carbocycles. The third-order valence-corrected chi connectivity index (χ3v) is 2.98. The number of hydrogen-bond donors (Lipinski definition) is 0. The van der Waals surface area contributed by atoms with E-state index >= 15 is 0 Å². The predicted molar refractivity (Wildman–Crippen MR) is 54.0 cm³/mol. The van der Waals surface area contributed by atoms with Crippen LogP contribution in [0.1, 0.15) is 39.5 Å². The van der Waals surface area contributed by atoms with Crippen molar-refractivity contribution in [1.29, 1.82) is 0 Å². The first-order chi connectivity index (χ1) is 5.95. The van der Waals surface area contributed by atoms with Crippen molar-refractivity contribution >= 4 is 33.7 Å². The van der Waals surface area contributed by atoms with Crippen LogP contribution in [0, 0.1) is 5.41 Å². The van der Waals surface area contributed by atoms with E-state index in [2.05, 4.69) is 0 Å². The van der Waals surface area contributed by atoms with Crippen LogP contribution in [0.4, 0.5) is 0 Å². The van der Waals surface area contributed by atoms with E-state index < -0.39 is 15.9 Å². The fourth-order valence-corrected chi connectivity index (χ4v) is 1.41. The summed E-state index contributed by atoms with van der Waals surface area (Å²) < 4.78 is 0. The van der Waals surface area contributed by atoms with Crippen molar-refractivity contribution in [1.82, 2.24) is 0 Å². The Morgan fingerprint density at radius 1 is 1.15 bits per heavy atom. The molecule has 0 aromatic carbocycles. The molecule has 0 aliphatic heterocycles. The summed E-state index contributed by atoms with van der Waals surface area (Å²) in [6.45, 7) is 3.54. The summed E-state index contributed by atoms with van der Waals surface area (Å²) in [5, 5.41) is -1.33. The third-order valence-electron chi connectivity index (χ3n) is 2.15. The smallest absolute Gasteiger partial charge is 0.236 e. The highest BCUT2D eigenvalue weighted by molar-refractivity contribution is 6.74. The fraction of sp³-hybridized carbons (Fsp3) is 0.778. The summed E-state index contributed by atoms with van der Waals surface area (Å²) in [5.74, 6) is 0. The number of carbonyl (C=O) groups excluding carboxylic acids is 2. The molecule has 0 radical (unpaired) electrons. The van der Waals surface area contributed by atoms with E-state index in [0.29, 0.717) is 6.42 Å². The fourth-order valence-electron chi connectivity index (χ4n) is 1.00. The van der Waals surface area contributed by atoms with Gasteiger partial charge in [-0.2, -0.15) is 0 Å². The Morgan fingerprint density at radius 3 is 1.92 bits per heavy atom. The highest BCUT2D eigenvalue weighted by atomic mass is 35.5. The van der Waals surface area contributed by atoms with Crippen molar-refractivity contribution in [3.63, 3.8) is 0 Å². The zero-order valence-electron chi connectivity index (χ0n) is 7.90. The number of hydrogen-bond acceptors (Lipinski definition) is 2. The van der Waals surface area contributed by atoms with Crippen molar-refractivity contribution in [3.05, 3.63) is 0 Å². The van der Waals surface area contributed by atoms with Gasteiger partial charge in [-0.3, -0.25) is 9.59 Å². The lowest BCUT2D eigenvalue weighted by atomic mass is 9.87. The van der Waals surface area contributed by atoms with Gasteiger partial charge in [0.2, 0.25) is 10.5 Å². The minimum absolute atomic E-state index is 0.436. The SMILES string of the molecule is CCCCCC(C)(C(=O)Cl)C(=O)Cl. The Balaban J connectivity index is 4.26. The molecule has 0 heterocycles. The Labute approximate surface area is 88.6 Å². The molecule has 0 unspecified atom stereocenters. The van der Waals surface area contributed by atoms with E-state index in [0.717, 1.165) is 19.3 Å². The monoisotopic (exact) mass is 224 g/mol. The molecule has 0 amide bonds. The average molecular weight is 225 g/mol. The van der Waals surface area contributed by atoms with Crippen molar-refractivity contribution < 1.29 is 9.59 Å². The quantitative estimate of drug-likeness (QED) is 0.395. The molecule has 0 fully saturated rings. The highest BCUT2D eigenvalue weighted by Crippen LogP contribution is 2.30. The molecule has 4 heteroatoms. The predicted octanol–water partition coefficient (Wildman–Crippen LogP) is 3.10. The van der Waals surface area contributed by atoms with Crippen molar-refractivity contribution in [2.45, 2.75) is 39.5 Å². The van der Waals surface area contributed by atoms with E-state index in [1.165, 1.54) is 6.92 Å². The van der Waals surface area contributed by atoms with Crippen LogP contribution in [-0.4, -0.2) is 10.5 Å². The minimum Gasteiger partial charge on any atom is -0.280 e. The molecule has 0 aromatic rings. The molecule has 0 saturated carbocycles. The van der Waals surface area contributed by atoms with Crippen LogP contribution in [0.3, 0.4) is 0 Å². The van der Waals surface area contributed by atoms with Gasteiger partial charge in [0.1, 0.15) is 5.41 Å². The molecule has 0 spiro atoms. The number of halogens is 2. The maximum Gasteiger partial charge on any atom is 0.236 e. The molecule has 2 nitrogen and oxygen atoms in total. The maximum absolute atomic E-state index is 11.0. The Hall–Kier alpha value is -0.0800. The van der Waals surface area contributed by atoms with Crippen LogP contribution in [0.25, 0.3) is 0 Å². The van der Waals surface area contributed by atoms with Gasteiger partial charge in [0, 0.05) is 0 Å². The van der Waals surface area contributed by atoms with Gasteiger partial charge in [0.15, 0.2) is 0 Å². The molecule has 0 atom stereocenters. The Kier molecular flexibility index (Phi) is 5.57. The van der Waals surface area contributed by atoms with Gasteiger partial charge in [-0.25, -0.2) is 0 Å². The molecule has 0 saturated heterocycles. The Morgan fingerprint density at radius 2 is 1.62 bits per heavy atom. The standard InChI is InChI=1S/C9H14Cl2O2/c1-3-4-5-6-9(2,7(10)12)8(11)13/h3-6H2,1-2H3. The lowest BCUT2D eigenvalue weighted by Crippen LogP contribution is -2.30. The van der Waals surface area contributed by atoms with Crippen molar-refractivity contribution in [2.75, 3.05) is 0 Å². The van der Waals surface area contributed by atoms with Crippen LogP contribution < -0.4 is 0 Å². The zero-order valence-corrected chi connectivity index (χ0v) is 9.41. The van der Waals surface area contributed by atoms with Gasteiger partial charge in [-0.1, -0.05) is 26.2 Å². The van der Waals surface area contributed by atoms with Gasteiger partial charge >= 0.3 is 0 Å². The summed E-state index contributed by atoms with van der Waals surface area (Å²) >= 11 is 10.6. The van der Waals surface area contributed by atoms with Crippen LogP contribution in [0.2, 0.25) is 0 Å². The van der Waals surface area contributed by atoms with Crippen LogP contribution in [-0.2, 0) is 9.59 Å². The van der Waals surface area contributed by atoms with E-state index in [9.17, 15) is 9.59 Å². The molecular weight excluding hydrogens is 211 g/mol. The topological polar surface area (TPSA) is 34.1 Å². The van der Waals surface area contributed by atoms with Gasteiger partial charge in [0.25, 0.3) is 0 Å². The van der Waals surface area contributed by atoms with Gasteiger partial charge in [0.05, 0.1) is 0 Å². The third kappa shape index (κ3) is 3.65. The number of carbonyl (C=O) groups is 2. The summed E-state index contributed by atoms with van der Waals surface area (Å²) in [6, 6.07) is 0. The van der Waals surface area contributed by atoms with Crippen LogP contribution in [0.15, 0.2) is 0 Å². The molecule has 0 aromatic heterocycles. The van der Waals surface area contributed by atoms with Crippen molar-refractivity contribution in [3.8, 4) is 0 Å². The van der Waals surface area contributed by atoms with Gasteiger partial charge in [-0.05, 0) is 36.5 Å². The maximum atomic E-state index is 11.0. The van der Waals surface area contributed by atoms with Crippen LogP contribution in [0.5, 0.6) is 0 Å². The first kappa shape index (κ1) is 12.9. The average Bonchev–Trinajstić information content (AvgIpc) is 2.03. The Bertz CT molecular complexity index is 188. The largest absolute Gasteiger partial charge is 0.280 e. The zero-order chi connectivity index (χ0) is 10.5. The second-order valence-corrected chi connectivity index (χ2v) is 4.02. The first-order valence-corrected chi connectivity index (χ1v) is 5.10. The van der Waals surface area contributed by atoms with Gasteiger partial charge in [-0.15, -0.1) is 0 Å². The summed E-state index contributed by atoms with van der Waals surface area (Å²) in [4.78, 5) is 21.9. The molecule has 0 rings (SSSR count). The number of unbranched alkanes of at least 4 members (excludes halogenated alkanes) is 2. The molecule has 76 valence electrons. The van der Waals surface area contributed by atoms with Crippen molar-refractivity contribution in [2.24, 2.45) is 5.41 Å². The van der Waals surface area contributed by atoms with E-state index in [4.69, 9.17) is 23.2 Å². The first-order valence-electron chi connectivity index (χ1n) is 4.35. The lowest BCUT2D eigenvalue weighted by molar-refractivity contribution is -0.130. The molecule has 0 N–H and O–H groups in total. The van der Waals surface area contributed by atoms with Crippen LogP contribution >= 0.6 is 23.2 Å². The van der Waals surface area contributed by atoms with E-state index in [-0.39, 0.29) is 0 Å². The second-order valence-electron chi connectivity index (χ2n) is 3.34. The normalized spacial score (nSPS) is 11.4. The summed E-state index contributed by atoms with van der Waals surface area (Å²) in [7, 11) is 0. The lowest BCUT2D eigenvalue weighted by Gasteiger charge is -2.19. The molecular formula is C9H14Cl2O2. The van der Waals surface area contributed by atoms with E-state index in [1.807, 2.05) is 6.92 Å².